The Hall–Kier alpha value is -0.545. The van der Waals surface area contributed by atoms with Crippen molar-refractivity contribution in [3.8, 4) is 0 Å². The molecule has 4 nitrogen and oxygen atoms in total. The second kappa shape index (κ2) is 5.34. The van der Waals surface area contributed by atoms with Crippen LogP contribution < -0.4 is 0 Å². The molecule has 0 aromatic carbocycles. The van der Waals surface area contributed by atoms with E-state index in [1.165, 1.54) is 0 Å². The van der Waals surface area contributed by atoms with Gasteiger partial charge in [0.15, 0.2) is 0 Å². The number of carbonyl (C=O) groups is 1. The van der Waals surface area contributed by atoms with Gasteiger partial charge in [-0.25, -0.2) is 0 Å². The van der Waals surface area contributed by atoms with Gasteiger partial charge in [0.05, 0.1) is 17.1 Å². The number of rotatable bonds is 3. The van der Waals surface area contributed by atoms with Gasteiger partial charge in [-0.3, -0.25) is 4.79 Å². The molecule has 1 rings (SSSR count). The molecular formula is C15H29BO4. The lowest BCUT2D eigenvalue weighted by atomic mass is 9.66. The summed E-state index contributed by atoms with van der Waals surface area (Å²) < 4.78 is 17.4. The van der Waals surface area contributed by atoms with Crippen molar-refractivity contribution in [2.45, 2.75) is 84.9 Å². The van der Waals surface area contributed by atoms with Gasteiger partial charge in [-0.1, -0.05) is 13.8 Å². The Morgan fingerprint density at radius 2 is 1.45 bits per heavy atom. The molecule has 20 heavy (non-hydrogen) atoms. The van der Waals surface area contributed by atoms with Crippen LogP contribution in [0.1, 0.15) is 62.3 Å². The standard InChI is InChI=1S/C15H29BO4/c1-10(12(17)18-13(3,4)5)11(2)16-19-14(6,7)15(8,9)20-16/h10-11H,1-9H3. The van der Waals surface area contributed by atoms with Gasteiger partial charge in [0, 0.05) is 5.82 Å². The normalized spacial score (nSPS) is 24.4. The highest BCUT2D eigenvalue weighted by Gasteiger charge is 2.54. The highest BCUT2D eigenvalue weighted by atomic mass is 16.7. The minimum absolute atomic E-state index is 0.0640. The molecule has 5 heteroatoms. The molecule has 1 aliphatic heterocycles. The molecule has 0 amide bonds. The van der Waals surface area contributed by atoms with Crippen molar-refractivity contribution in [3.05, 3.63) is 0 Å². The van der Waals surface area contributed by atoms with Crippen molar-refractivity contribution in [1.29, 1.82) is 0 Å². The Bertz CT molecular complexity index is 355. The minimum atomic E-state index is -0.471. The SMILES string of the molecule is CC(B1OC(C)(C)C(C)(C)O1)C(C)C(=O)OC(C)(C)C. The van der Waals surface area contributed by atoms with Crippen LogP contribution in [0.5, 0.6) is 0 Å². The van der Waals surface area contributed by atoms with Crippen LogP contribution in [0.25, 0.3) is 0 Å². The molecule has 0 spiro atoms. The lowest BCUT2D eigenvalue weighted by Crippen LogP contribution is -2.41. The van der Waals surface area contributed by atoms with Crippen molar-refractivity contribution >= 4 is 13.1 Å². The third-order valence-electron chi connectivity index (χ3n) is 4.27. The van der Waals surface area contributed by atoms with Gasteiger partial charge in [-0.15, -0.1) is 0 Å². The Balaban J connectivity index is 2.72. The summed E-state index contributed by atoms with van der Waals surface area (Å²) >= 11 is 0. The van der Waals surface area contributed by atoms with Gasteiger partial charge >= 0.3 is 13.1 Å². The third-order valence-corrected chi connectivity index (χ3v) is 4.27. The first kappa shape index (κ1) is 17.5. The fourth-order valence-electron chi connectivity index (χ4n) is 1.95. The van der Waals surface area contributed by atoms with E-state index >= 15 is 0 Å². The zero-order valence-corrected chi connectivity index (χ0v) is 14.4. The molecule has 1 saturated heterocycles. The van der Waals surface area contributed by atoms with E-state index in [4.69, 9.17) is 14.0 Å². The molecule has 1 heterocycles. The topological polar surface area (TPSA) is 44.8 Å². The summed E-state index contributed by atoms with van der Waals surface area (Å²) in [6, 6.07) is 0. The van der Waals surface area contributed by atoms with Crippen LogP contribution in [-0.4, -0.2) is 29.9 Å². The molecule has 1 aliphatic rings. The maximum absolute atomic E-state index is 12.1. The molecule has 0 N–H and O–H groups in total. The summed E-state index contributed by atoms with van der Waals surface area (Å²) in [5.41, 5.74) is -1.22. The first-order valence-electron chi connectivity index (χ1n) is 7.35. The van der Waals surface area contributed by atoms with Gasteiger partial charge in [0.2, 0.25) is 0 Å². The van der Waals surface area contributed by atoms with E-state index in [-0.39, 0.29) is 36.0 Å². The summed E-state index contributed by atoms with van der Waals surface area (Å²) in [4.78, 5) is 12.1. The number of hydrogen-bond acceptors (Lipinski definition) is 4. The summed E-state index contributed by atoms with van der Waals surface area (Å²) in [6.45, 7) is 17.5. The van der Waals surface area contributed by atoms with Gasteiger partial charge in [-0.2, -0.15) is 0 Å². The van der Waals surface area contributed by atoms with E-state index < -0.39 is 5.60 Å². The Labute approximate surface area is 123 Å². The molecule has 0 saturated carbocycles. The summed E-state index contributed by atoms with van der Waals surface area (Å²) in [6.07, 6.45) is 0. The lowest BCUT2D eigenvalue weighted by molar-refractivity contribution is -0.159. The maximum atomic E-state index is 12.1. The van der Waals surface area contributed by atoms with Crippen LogP contribution in [-0.2, 0) is 18.8 Å². The fourth-order valence-corrected chi connectivity index (χ4v) is 1.95. The predicted molar refractivity (Wildman–Crippen MR) is 80.5 cm³/mol. The van der Waals surface area contributed by atoms with Gasteiger partial charge < -0.3 is 14.0 Å². The monoisotopic (exact) mass is 284 g/mol. The molecule has 0 bridgehead atoms. The Morgan fingerprint density at radius 1 is 1.05 bits per heavy atom. The second-order valence-corrected chi connectivity index (χ2v) is 7.81. The first-order valence-corrected chi connectivity index (χ1v) is 7.35. The van der Waals surface area contributed by atoms with E-state index in [2.05, 4.69) is 0 Å². The predicted octanol–water partition coefficient (Wildman–Crippen LogP) is 3.45. The average Bonchev–Trinajstić information content (AvgIpc) is 2.43. The highest BCUT2D eigenvalue weighted by molar-refractivity contribution is 6.47. The quantitative estimate of drug-likeness (QED) is 0.588. The molecule has 0 aliphatic carbocycles. The average molecular weight is 284 g/mol. The van der Waals surface area contributed by atoms with Gasteiger partial charge in [-0.05, 0) is 48.5 Å². The smallest absolute Gasteiger partial charge is 0.460 e. The third kappa shape index (κ3) is 3.76. The Morgan fingerprint density at radius 3 is 1.80 bits per heavy atom. The molecule has 2 unspecified atom stereocenters. The first-order chi connectivity index (χ1) is 8.77. The van der Waals surface area contributed by atoms with E-state index in [1.54, 1.807) is 0 Å². The number of carbonyl (C=O) groups excluding carboxylic acids is 1. The van der Waals surface area contributed by atoms with Gasteiger partial charge in [0.1, 0.15) is 5.60 Å². The van der Waals surface area contributed by atoms with E-state index in [0.717, 1.165) is 0 Å². The van der Waals surface area contributed by atoms with Crippen LogP contribution in [0.4, 0.5) is 0 Å². The van der Waals surface area contributed by atoms with E-state index in [9.17, 15) is 4.79 Å². The zero-order chi connectivity index (χ0) is 15.9. The van der Waals surface area contributed by atoms with Crippen molar-refractivity contribution in [3.63, 3.8) is 0 Å². The second-order valence-electron chi connectivity index (χ2n) is 7.81. The van der Waals surface area contributed by atoms with Crippen molar-refractivity contribution < 1.29 is 18.8 Å². The fraction of sp³-hybridized carbons (Fsp3) is 0.933. The van der Waals surface area contributed by atoms with Crippen LogP contribution in [0, 0.1) is 5.92 Å². The minimum Gasteiger partial charge on any atom is -0.460 e. The molecule has 1 fully saturated rings. The molecule has 116 valence electrons. The molecule has 0 aromatic heterocycles. The van der Waals surface area contributed by atoms with Crippen LogP contribution in [0.3, 0.4) is 0 Å². The number of ether oxygens (including phenoxy) is 1. The molecular weight excluding hydrogens is 255 g/mol. The lowest BCUT2D eigenvalue weighted by Gasteiger charge is -2.32. The van der Waals surface area contributed by atoms with Crippen molar-refractivity contribution in [1.82, 2.24) is 0 Å². The highest BCUT2D eigenvalue weighted by Crippen LogP contribution is 2.41. The maximum Gasteiger partial charge on any atom is 0.461 e. The summed E-state index contributed by atoms with van der Waals surface area (Å²) in [7, 11) is -0.387. The number of hydrogen-bond donors (Lipinski definition) is 0. The van der Waals surface area contributed by atoms with Crippen LogP contribution in [0.15, 0.2) is 0 Å². The van der Waals surface area contributed by atoms with Crippen molar-refractivity contribution in [2.75, 3.05) is 0 Å². The molecule has 0 radical (unpaired) electrons. The van der Waals surface area contributed by atoms with E-state index in [1.807, 2.05) is 62.3 Å². The summed E-state index contributed by atoms with van der Waals surface area (Å²) in [5, 5.41) is 0. The summed E-state index contributed by atoms with van der Waals surface area (Å²) in [5.74, 6) is -0.547. The largest absolute Gasteiger partial charge is 0.461 e. The van der Waals surface area contributed by atoms with Gasteiger partial charge in [0.25, 0.3) is 0 Å². The molecule has 0 aromatic rings. The van der Waals surface area contributed by atoms with Crippen LogP contribution >= 0.6 is 0 Å². The number of esters is 1. The molecule has 2 atom stereocenters. The van der Waals surface area contributed by atoms with E-state index in [0.29, 0.717) is 0 Å². The van der Waals surface area contributed by atoms with Crippen LogP contribution in [0.2, 0.25) is 5.82 Å². The van der Waals surface area contributed by atoms with Crippen molar-refractivity contribution in [2.24, 2.45) is 5.92 Å². The Kier molecular flexibility index (Phi) is 4.67. The zero-order valence-electron chi connectivity index (χ0n) is 14.4.